The van der Waals surface area contributed by atoms with Crippen LogP contribution >= 0.6 is 0 Å². The van der Waals surface area contributed by atoms with E-state index in [0.29, 0.717) is 11.5 Å². The van der Waals surface area contributed by atoms with E-state index in [4.69, 9.17) is 14.1 Å². The molecule has 8 aromatic carbocycles. The van der Waals surface area contributed by atoms with Gasteiger partial charge in [0, 0.05) is 83.2 Å². The molecule has 0 fully saturated rings. The molecule has 12 rings (SSSR count). The Morgan fingerprint density at radius 3 is 1.70 bits per heavy atom. The minimum atomic E-state index is -0.221. The molecule has 1 aliphatic rings. The Bertz CT molecular complexity index is 3970. The Morgan fingerprint density at radius 1 is 0.494 bits per heavy atom. The van der Waals surface area contributed by atoms with Crippen molar-refractivity contribution in [3.63, 3.8) is 0 Å². The number of pyridine rings is 1. The fraction of sp³-hybridized carbons (Fsp3) is 0.229. The van der Waals surface area contributed by atoms with Crippen LogP contribution in [0.5, 0.6) is 11.5 Å². The van der Waals surface area contributed by atoms with Gasteiger partial charge >= 0.3 is 0 Å². The van der Waals surface area contributed by atoms with Gasteiger partial charge in [0.1, 0.15) is 17.0 Å². The van der Waals surface area contributed by atoms with Crippen LogP contribution in [-0.2, 0) is 42.7 Å². The zero-order valence-corrected chi connectivity index (χ0v) is 48.4. The Labute approximate surface area is 468 Å². The molecule has 0 spiro atoms. The van der Waals surface area contributed by atoms with Crippen molar-refractivity contribution in [3.05, 3.63) is 211 Å². The van der Waals surface area contributed by atoms with E-state index < -0.39 is 0 Å². The maximum Gasteiger partial charge on any atom is 0.135 e. The number of anilines is 4. The Hall–Kier alpha value is -7.40. The summed E-state index contributed by atoms with van der Waals surface area (Å²) in [6, 6.07) is 66.6. The summed E-state index contributed by atoms with van der Waals surface area (Å²) >= 11 is 0. The van der Waals surface area contributed by atoms with E-state index >= 15 is 0 Å². The molecule has 6 nitrogen and oxygen atoms in total. The van der Waals surface area contributed by atoms with Gasteiger partial charge in [-0.2, -0.15) is 6.07 Å². The van der Waals surface area contributed by atoms with Gasteiger partial charge < -0.3 is 23.5 Å². The third kappa shape index (κ3) is 9.33. The SMILES string of the molecule is CC(C)(C)c1ccc(-c2cccc(-c3ccc(C(C)(C)C)cc3)c2N2[CH-]N(c3[c-]c(Oc4[c-]c5c(cc4)c4c6oc7ccccc7c6ccc4n5-c4cc(C(C)(C)C)ccn4)cc(C(C)(C)C)c3)c3ccccc32)cc1.[Pt]. The second kappa shape index (κ2) is 19.0. The first-order valence-corrected chi connectivity index (χ1v) is 26.6. The molecule has 0 saturated heterocycles. The van der Waals surface area contributed by atoms with E-state index in [1.54, 1.807) is 0 Å². The Kier molecular flexibility index (Phi) is 12.7. The second-order valence-corrected chi connectivity index (χ2v) is 24.7. The Morgan fingerprint density at radius 2 is 1.08 bits per heavy atom. The average molecular weight is 1190 g/mol. The number of ether oxygens (including phenoxy) is 1. The minimum Gasteiger partial charge on any atom is -0.509 e. The summed E-state index contributed by atoms with van der Waals surface area (Å²) in [4.78, 5) is 9.63. The zero-order valence-electron chi connectivity index (χ0n) is 46.2. The molecule has 0 saturated carbocycles. The molecule has 7 heteroatoms. The van der Waals surface area contributed by atoms with Gasteiger partial charge in [-0.15, -0.1) is 48.3 Å². The summed E-state index contributed by atoms with van der Waals surface area (Å²) in [5, 5.41) is 4.17. The van der Waals surface area contributed by atoms with Crippen LogP contribution < -0.4 is 14.5 Å². The van der Waals surface area contributed by atoms with Gasteiger partial charge in [-0.05, 0) is 97.3 Å². The van der Waals surface area contributed by atoms with Gasteiger partial charge in [0.2, 0.25) is 0 Å². The van der Waals surface area contributed by atoms with Crippen molar-refractivity contribution in [2.24, 2.45) is 0 Å². The first-order valence-electron chi connectivity index (χ1n) is 26.6. The average Bonchev–Trinajstić information content (AvgIpc) is 4.08. The minimum absolute atomic E-state index is 0. The summed E-state index contributed by atoms with van der Waals surface area (Å²) in [7, 11) is 0. The van der Waals surface area contributed by atoms with E-state index in [2.05, 4.69) is 262 Å². The van der Waals surface area contributed by atoms with Crippen molar-refractivity contribution >= 4 is 66.5 Å². The molecule has 1 aliphatic heterocycles. The van der Waals surface area contributed by atoms with E-state index in [1.165, 1.54) is 16.7 Å². The largest absolute Gasteiger partial charge is 0.509 e. The number of hydrogen-bond acceptors (Lipinski definition) is 5. The molecule has 11 aromatic rings. The summed E-state index contributed by atoms with van der Waals surface area (Å²) in [6.07, 6.45) is 1.91. The third-order valence-corrected chi connectivity index (χ3v) is 15.2. The number of rotatable bonds is 7. The first kappa shape index (κ1) is 51.7. The van der Waals surface area contributed by atoms with Crippen molar-refractivity contribution in [3.8, 4) is 39.6 Å². The number of fused-ring (bicyclic) bond motifs is 8. The topological polar surface area (TPSA) is 46.7 Å². The number of hydrogen-bond donors (Lipinski definition) is 0. The van der Waals surface area contributed by atoms with E-state index in [9.17, 15) is 0 Å². The van der Waals surface area contributed by atoms with Gasteiger partial charge in [-0.3, -0.25) is 0 Å². The molecule has 3 aromatic heterocycles. The van der Waals surface area contributed by atoms with Gasteiger partial charge in [0.05, 0.1) is 0 Å². The van der Waals surface area contributed by atoms with Crippen LogP contribution in [0.3, 0.4) is 0 Å². The smallest absolute Gasteiger partial charge is 0.135 e. The van der Waals surface area contributed by atoms with E-state index in [-0.39, 0.29) is 42.7 Å². The summed E-state index contributed by atoms with van der Waals surface area (Å²) in [5.74, 6) is 1.97. The number of benzene rings is 8. The predicted octanol–water partition coefficient (Wildman–Crippen LogP) is 19.4. The molecule has 0 radical (unpaired) electrons. The van der Waals surface area contributed by atoms with Crippen molar-refractivity contribution in [2.75, 3.05) is 9.80 Å². The Balaban J connectivity index is 0.00000631. The summed E-state index contributed by atoms with van der Waals surface area (Å²) in [6.45, 7) is 29.3. The van der Waals surface area contributed by atoms with Crippen molar-refractivity contribution in [1.82, 2.24) is 9.55 Å². The maximum absolute atomic E-state index is 7.02. The van der Waals surface area contributed by atoms with Crippen LogP contribution in [0.15, 0.2) is 174 Å². The fourth-order valence-corrected chi connectivity index (χ4v) is 10.8. The van der Waals surface area contributed by atoms with Gasteiger partial charge in [0.15, 0.2) is 0 Å². The van der Waals surface area contributed by atoms with Crippen molar-refractivity contribution < 1.29 is 30.2 Å². The van der Waals surface area contributed by atoms with Crippen LogP contribution in [0.2, 0.25) is 0 Å². The van der Waals surface area contributed by atoms with Crippen molar-refractivity contribution in [1.29, 1.82) is 0 Å². The second-order valence-electron chi connectivity index (χ2n) is 24.7. The van der Waals surface area contributed by atoms with Crippen LogP contribution in [0, 0.1) is 18.8 Å². The predicted molar refractivity (Wildman–Crippen MR) is 317 cm³/mol. The molecule has 0 unspecified atom stereocenters. The third-order valence-electron chi connectivity index (χ3n) is 15.2. The number of aromatic nitrogens is 2. The standard InChI is InChI=1S/C70H65N4O2.Pt/c1-67(2,3)46-28-24-44(25-29-46)53-19-17-20-54(45-26-30-47(31-27-45)68(4,5)6)65(53)73-43-72(58-21-14-15-22-59(58)73)50-38-49(70(10,11)12)39-52(41-50)75-51-32-33-57-61(42-51)74(63-40-48(36-37-71-63)69(7,8)9)60-35-34-56-55-18-13-16-23-62(55)76-66(56)64(57)60;/h13-40,43H,1-12H3;/q-3;. The first-order chi connectivity index (χ1) is 36.2. The van der Waals surface area contributed by atoms with E-state index in [0.717, 1.165) is 100 Å². The molecule has 4 heterocycles. The number of furan rings is 1. The molecule has 0 aliphatic carbocycles. The van der Waals surface area contributed by atoms with Crippen molar-refractivity contribution in [2.45, 2.75) is 105 Å². The molecular formula is C70H65N4O2Pt-3. The summed E-state index contributed by atoms with van der Waals surface area (Å²) < 4.78 is 15.9. The van der Waals surface area contributed by atoms with Crippen LogP contribution in [0.1, 0.15) is 105 Å². The molecule has 390 valence electrons. The molecule has 0 N–H and O–H groups in total. The van der Waals surface area contributed by atoms with Gasteiger partial charge in [0.25, 0.3) is 0 Å². The van der Waals surface area contributed by atoms with Gasteiger partial charge in [-0.1, -0.05) is 191 Å². The maximum atomic E-state index is 7.02. The molecule has 77 heavy (non-hydrogen) atoms. The zero-order chi connectivity index (χ0) is 53.1. The number of nitrogens with zero attached hydrogens (tertiary/aromatic N) is 4. The molecular weight excluding hydrogens is 1120 g/mol. The fourth-order valence-electron chi connectivity index (χ4n) is 10.8. The molecule has 0 atom stereocenters. The molecule has 0 bridgehead atoms. The van der Waals surface area contributed by atoms with Crippen LogP contribution in [0.4, 0.5) is 22.7 Å². The van der Waals surface area contributed by atoms with Gasteiger partial charge in [-0.25, -0.2) is 4.98 Å². The normalized spacial score (nSPS) is 13.2. The number of para-hydroxylation sites is 4. The monoisotopic (exact) mass is 1190 g/mol. The van der Waals surface area contributed by atoms with Crippen LogP contribution in [-0.4, -0.2) is 9.55 Å². The van der Waals surface area contributed by atoms with Crippen LogP contribution in [0.25, 0.3) is 71.8 Å². The summed E-state index contributed by atoms with van der Waals surface area (Å²) in [5.41, 5.74) is 16.9. The molecule has 0 amide bonds. The quantitative estimate of drug-likeness (QED) is 0.149. The van der Waals surface area contributed by atoms with E-state index in [1.807, 2.05) is 24.4 Å².